The summed E-state index contributed by atoms with van der Waals surface area (Å²) in [5, 5.41) is 10.3. The van der Waals surface area contributed by atoms with Crippen molar-refractivity contribution in [2.75, 3.05) is 6.54 Å². The molecular formula is C19H20N4O. The summed E-state index contributed by atoms with van der Waals surface area (Å²) in [4.78, 5) is 10.9. The molecule has 1 aromatic carbocycles. The van der Waals surface area contributed by atoms with Gasteiger partial charge in [0.1, 0.15) is 12.1 Å². The van der Waals surface area contributed by atoms with E-state index in [-0.39, 0.29) is 6.10 Å². The second kappa shape index (κ2) is 6.55. The normalized spacial score (nSPS) is 18.1. The largest absolute Gasteiger partial charge is 0.388 e. The summed E-state index contributed by atoms with van der Waals surface area (Å²) in [5.41, 5.74) is 3.45. The zero-order valence-corrected chi connectivity index (χ0v) is 13.4. The molecule has 0 bridgehead atoms. The molecule has 3 aromatic rings. The Hall–Kier alpha value is -2.50. The van der Waals surface area contributed by atoms with Gasteiger partial charge in [0.2, 0.25) is 0 Å². The van der Waals surface area contributed by atoms with Crippen molar-refractivity contribution in [1.82, 2.24) is 19.4 Å². The molecule has 5 heteroatoms. The molecule has 1 aliphatic heterocycles. The second-order valence-electron chi connectivity index (χ2n) is 6.21. The smallest absolute Gasteiger partial charge is 0.137 e. The number of fused-ring (bicyclic) bond motifs is 1. The number of hydrogen-bond acceptors (Lipinski definition) is 4. The summed E-state index contributed by atoms with van der Waals surface area (Å²) in [7, 11) is 0. The Kier molecular flexibility index (Phi) is 4.11. The fourth-order valence-corrected chi connectivity index (χ4v) is 3.23. The van der Waals surface area contributed by atoms with Gasteiger partial charge in [-0.3, -0.25) is 9.47 Å². The van der Waals surface area contributed by atoms with Gasteiger partial charge in [-0.15, -0.1) is 0 Å². The number of rotatable bonds is 3. The molecule has 1 aliphatic rings. The summed E-state index contributed by atoms with van der Waals surface area (Å²) in [6.07, 6.45) is 7.69. The molecule has 1 N–H and O–H groups in total. The first-order valence-corrected chi connectivity index (χ1v) is 8.21. The van der Waals surface area contributed by atoms with Crippen molar-refractivity contribution in [2.24, 2.45) is 0 Å². The van der Waals surface area contributed by atoms with E-state index >= 15 is 0 Å². The molecule has 0 saturated carbocycles. The van der Waals surface area contributed by atoms with E-state index in [2.05, 4.69) is 27.0 Å². The van der Waals surface area contributed by atoms with Crippen molar-refractivity contribution >= 4 is 0 Å². The van der Waals surface area contributed by atoms with Crippen LogP contribution in [0.4, 0.5) is 0 Å². The zero-order chi connectivity index (χ0) is 16.4. The number of aromatic nitrogens is 3. The number of pyridine rings is 1. The lowest BCUT2D eigenvalue weighted by Gasteiger charge is -2.20. The Morgan fingerprint density at radius 2 is 2.08 bits per heavy atom. The highest BCUT2D eigenvalue weighted by atomic mass is 16.3. The minimum Gasteiger partial charge on any atom is -0.388 e. The Labute approximate surface area is 141 Å². The van der Waals surface area contributed by atoms with E-state index in [1.807, 2.05) is 41.2 Å². The predicted molar refractivity (Wildman–Crippen MR) is 91.5 cm³/mol. The van der Waals surface area contributed by atoms with E-state index in [1.54, 1.807) is 12.5 Å². The van der Waals surface area contributed by atoms with Gasteiger partial charge in [-0.05, 0) is 29.2 Å². The summed E-state index contributed by atoms with van der Waals surface area (Å²) in [5.74, 6) is 0.868. The lowest BCUT2D eigenvalue weighted by molar-refractivity contribution is 0.149. The third kappa shape index (κ3) is 3.09. The van der Waals surface area contributed by atoms with Gasteiger partial charge >= 0.3 is 0 Å². The summed E-state index contributed by atoms with van der Waals surface area (Å²) < 4.78 is 1.89. The molecule has 3 heterocycles. The van der Waals surface area contributed by atoms with Crippen LogP contribution in [0.15, 0.2) is 61.3 Å². The average molecular weight is 320 g/mol. The maximum atomic E-state index is 10.3. The van der Waals surface area contributed by atoms with Crippen LogP contribution in [0.2, 0.25) is 0 Å². The van der Waals surface area contributed by atoms with Gasteiger partial charge < -0.3 is 5.11 Å². The molecule has 1 atom stereocenters. The van der Waals surface area contributed by atoms with Gasteiger partial charge in [0.25, 0.3) is 0 Å². The van der Waals surface area contributed by atoms with Gasteiger partial charge in [0.15, 0.2) is 0 Å². The fourth-order valence-electron chi connectivity index (χ4n) is 3.23. The topological polar surface area (TPSA) is 54.2 Å². The maximum absolute atomic E-state index is 10.3. The summed E-state index contributed by atoms with van der Waals surface area (Å²) >= 11 is 0. The molecule has 0 fully saturated rings. The van der Waals surface area contributed by atoms with Crippen molar-refractivity contribution in [3.05, 3.63) is 78.0 Å². The molecule has 1 unspecified atom stereocenters. The van der Waals surface area contributed by atoms with Crippen molar-refractivity contribution in [2.45, 2.75) is 25.6 Å². The van der Waals surface area contributed by atoms with Crippen molar-refractivity contribution < 1.29 is 5.11 Å². The fraction of sp³-hybridized carbons (Fsp3) is 0.263. The minimum atomic E-state index is -0.368. The van der Waals surface area contributed by atoms with Crippen LogP contribution in [-0.4, -0.2) is 31.1 Å². The SMILES string of the molecule is OC1CCN(Cc2ccc(-n3ccnc3)nc2)Cc2ccccc21. The van der Waals surface area contributed by atoms with Crippen LogP contribution >= 0.6 is 0 Å². The second-order valence-corrected chi connectivity index (χ2v) is 6.21. The Morgan fingerprint density at radius 3 is 2.88 bits per heavy atom. The number of hydrogen-bond donors (Lipinski definition) is 1. The molecule has 2 aromatic heterocycles. The van der Waals surface area contributed by atoms with E-state index in [0.717, 1.165) is 37.4 Å². The van der Waals surface area contributed by atoms with Crippen LogP contribution in [-0.2, 0) is 13.1 Å². The monoisotopic (exact) mass is 320 g/mol. The molecule has 24 heavy (non-hydrogen) atoms. The third-order valence-corrected chi connectivity index (χ3v) is 4.51. The van der Waals surface area contributed by atoms with Gasteiger partial charge in [0.05, 0.1) is 6.10 Å². The standard InChI is InChI=1S/C19H20N4O/c24-18-7-9-22(13-16-3-1-2-4-17(16)18)12-15-5-6-19(21-11-15)23-10-8-20-14-23/h1-6,8,10-11,14,18,24H,7,9,12-13H2. The summed E-state index contributed by atoms with van der Waals surface area (Å²) in [6.45, 7) is 2.56. The molecule has 0 amide bonds. The van der Waals surface area contributed by atoms with E-state index < -0.39 is 0 Å². The molecule has 122 valence electrons. The van der Waals surface area contributed by atoms with Crippen LogP contribution in [0.25, 0.3) is 5.82 Å². The Morgan fingerprint density at radius 1 is 1.17 bits per heavy atom. The highest BCUT2D eigenvalue weighted by molar-refractivity contribution is 5.30. The lowest BCUT2D eigenvalue weighted by Crippen LogP contribution is -2.23. The number of aliphatic hydroxyl groups excluding tert-OH is 1. The van der Waals surface area contributed by atoms with Crippen molar-refractivity contribution in [3.63, 3.8) is 0 Å². The van der Waals surface area contributed by atoms with Crippen LogP contribution in [0.1, 0.15) is 29.2 Å². The molecule has 0 radical (unpaired) electrons. The van der Waals surface area contributed by atoms with E-state index in [9.17, 15) is 5.11 Å². The van der Waals surface area contributed by atoms with E-state index in [4.69, 9.17) is 0 Å². The molecule has 4 rings (SSSR count). The quantitative estimate of drug-likeness (QED) is 0.806. The van der Waals surface area contributed by atoms with E-state index in [0.29, 0.717) is 0 Å². The number of benzene rings is 1. The summed E-state index contributed by atoms with van der Waals surface area (Å²) in [6, 6.07) is 12.3. The predicted octanol–water partition coefficient (Wildman–Crippen LogP) is 2.71. The molecule has 0 spiro atoms. The highest BCUT2D eigenvalue weighted by Gasteiger charge is 2.20. The Balaban J connectivity index is 1.49. The first kappa shape index (κ1) is 15.1. The van der Waals surface area contributed by atoms with Gasteiger partial charge in [0, 0.05) is 38.2 Å². The van der Waals surface area contributed by atoms with Crippen LogP contribution in [0, 0.1) is 0 Å². The molecule has 0 aliphatic carbocycles. The average Bonchev–Trinajstić information content (AvgIpc) is 3.10. The maximum Gasteiger partial charge on any atom is 0.137 e. The molecular weight excluding hydrogens is 300 g/mol. The van der Waals surface area contributed by atoms with Gasteiger partial charge in [-0.2, -0.15) is 0 Å². The number of imidazole rings is 1. The van der Waals surface area contributed by atoms with Gasteiger partial charge in [-0.25, -0.2) is 9.97 Å². The van der Waals surface area contributed by atoms with Crippen molar-refractivity contribution in [3.8, 4) is 5.82 Å². The van der Waals surface area contributed by atoms with Gasteiger partial charge in [-0.1, -0.05) is 30.3 Å². The minimum absolute atomic E-state index is 0.368. The van der Waals surface area contributed by atoms with Crippen LogP contribution in [0.3, 0.4) is 0 Å². The van der Waals surface area contributed by atoms with E-state index in [1.165, 1.54) is 11.1 Å². The first-order chi connectivity index (χ1) is 11.8. The van der Waals surface area contributed by atoms with Crippen LogP contribution < -0.4 is 0 Å². The highest BCUT2D eigenvalue weighted by Crippen LogP contribution is 2.27. The molecule has 0 saturated heterocycles. The first-order valence-electron chi connectivity index (χ1n) is 8.21. The Bertz CT molecular complexity index is 798. The number of nitrogens with zero attached hydrogens (tertiary/aromatic N) is 4. The third-order valence-electron chi connectivity index (χ3n) is 4.51. The lowest BCUT2D eigenvalue weighted by atomic mass is 10.0. The van der Waals surface area contributed by atoms with Crippen LogP contribution in [0.5, 0.6) is 0 Å². The molecule has 5 nitrogen and oxygen atoms in total. The van der Waals surface area contributed by atoms with Crippen molar-refractivity contribution in [1.29, 1.82) is 0 Å². The number of aliphatic hydroxyl groups is 1. The zero-order valence-electron chi connectivity index (χ0n) is 13.4.